The van der Waals surface area contributed by atoms with Gasteiger partial charge in [0, 0.05) is 27.5 Å². The SMILES string of the molecule is COc1c(CC[C@@H]2CCCN2C(=O)Cc2ccccc2)sc2ccccc12. The second-order valence-electron chi connectivity index (χ2n) is 7.14. The van der Waals surface area contributed by atoms with Gasteiger partial charge in [-0.1, -0.05) is 42.5 Å². The van der Waals surface area contributed by atoms with Gasteiger partial charge in [-0.05, 0) is 43.4 Å². The molecule has 0 aliphatic carbocycles. The lowest BCUT2D eigenvalue weighted by Crippen LogP contribution is -2.36. The van der Waals surface area contributed by atoms with E-state index < -0.39 is 0 Å². The van der Waals surface area contributed by atoms with Crippen molar-refractivity contribution in [2.75, 3.05) is 13.7 Å². The number of thiophene rings is 1. The van der Waals surface area contributed by atoms with E-state index in [2.05, 4.69) is 29.2 Å². The Morgan fingerprint density at radius 1 is 1.15 bits per heavy atom. The summed E-state index contributed by atoms with van der Waals surface area (Å²) >= 11 is 1.82. The largest absolute Gasteiger partial charge is 0.495 e. The Hall–Kier alpha value is -2.33. The van der Waals surface area contributed by atoms with Crippen molar-refractivity contribution in [3.8, 4) is 5.75 Å². The number of carbonyl (C=O) groups is 1. The zero-order valence-electron chi connectivity index (χ0n) is 15.7. The summed E-state index contributed by atoms with van der Waals surface area (Å²) in [5.74, 6) is 1.27. The topological polar surface area (TPSA) is 29.5 Å². The van der Waals surface area contributed by atoms with Crippen LogP contribution < -0.4 is 4.74 Å². The third-order valence-electron chi connectivity index (χ3n) is 5.42. The molecule has 0 saturated carbocycles. The van der Waals surface area contributed by atoms with Crippen LogP contribution in [0.15, 0.2) is 54.6 Å². The minimum atomic E-state index is 0.256. The van der Waals surface area contributed by atoms with E-state index in [4.69, 9.17) is 4.74 Å². The van der Waals surface area contributed by atoms with Crippen LogP contribution in [0.2, 0.25) is 0 Å². The fraction of sp³-hybridized carbons (Fsp3) is 0.348. The molecule has 0 unspecified atom stereocenters. The third kappa shape index (κ3) is 3.86. The molecule has 4 rings (SSSR count). The average Bonchev–Trinajstić information content (AvgIpc) is 3.31. The number of ether oxygens (including phenoxy) is 1. The third-order valence-corrected chi connectivity index (χ3v) is 6.63. The fourth-order valence-corrected chi connectivity index (χ4v) is 5.28. The number of carbonyl (C=O) groups excluding carboxylic acids is 1. The molecule has 0 bridgehead atoms. The van der Waals surface area contributed by atoms with Crippen LogP contribution in [0, 0.1) is 0 Å². The van der Waals surface area contributed by atoms with Crippen LogP contribution in [0.3, 0.4) is 0 Å². The number of hydrogen-bond acceptors (Lipinski definition) is 3. The second-order valence-corrected chi connectivity index (χ2v) is 8.28. The number of benzene rings is 2. The molecule has 0 spiro atoms. The molecule has 1 aliphatic rings. The van der Waals surface area contributed by atoms with Crippen LogP contribution >= 0.6 is 11.3 Å². The highest BCUT2D eigenvalue weighted by molar-refractivity contribution is 7.19. The minimum absolute atomic E-state index is 0.256. The van der Waals surface area contributed by atoms with Gasteiger partial charge in [-0.15, -0.1) is 11.3 Å². The number of nitrogens with zero attached hydrogens (tertiary/aromatic N) is 1. The summed E-state index contributed by atoms with van der Waals surface area (Å²) in [4.78, 5) is 16.2. The fourth-order valence-electron chi connectivity index (χ4n) is 4.09. The van der Waals surface area contributed by atoms with Gasteiger partial charge >= 0.3 is 0 Å². The first kappa shape index (κ1) is 18.1. The van der Waals surface area contributed by atoms with Gasteiger partial charge < -0.3 is 9.64 Å². The lowest BCUT2D eigenvalue weighted by Gasteiger charge is -2.25. The number of rotatable bonds is 6. The molecule has 1 aliphatic heterocycles. The molecule has 2 heterocycles. The second kappa shape index (κ2) is 8.13. The van der Waals surface area contributed by atoms with Crippen LogP contribution in [0.5, 0.6) is 5.75 Å². The highest BCUT2D eigenvalue weighted by atomic mass is 32.1. The summed E-state index contributed by atoms with van der Waals surface area (Å²) in [6.45, 7) is 0.889. The summed E-state index contributed by atoms with van der Waals surface area (Å²) < 4.78 is 6.97. The van der Waals surface area contributed by atoms with Gasteiger partial charge in [0.15, 0.2) is 0 Å². The van der Waals surface area contributed by atoms with Crippen LogP contribution in [-0.4, -0.2) is 30.5 Å². The maximum absolute atomic E-state index is 12.8. The van der Waals surface area contributed by atoms with E-state index in [0.717, 1.165) is 43.5 Å². The zero-order chi connectivity index (χ0) is 18.6. The van der Waals surface area contributed by atoms with Crippen LogP contribution in [-0.2, 0) is 17.6 Å². The summed E-state index contributed by atoms with van der Waals surface area (Å²) in [6, 6.07) is 18.8. The van der Waals surface area contributed by atoms with Crippen molar-refractivity contribution in [2.24, 2.45) is 0 Å². The van der Waals surface area contributed by atoms with Gasteiger partial charge in [0.05, 0.1) is 13.5 Å². The van der Waals surface area contributed by atoms with Crippen LogP contribution in [0.4, 0.5) is 0 Å². The Kier molecular flexibility index (Phi) is 5.44. The van der Waals surface area contributed by atoms with Gasteiger partial charge in [0.25, 0.3) is 0 Å². The van der Waals surface area contributed by atoms with E-state index in [1.165, 1.54) is 15.0 Å². The molecule has 140 valence electrons. The summed E-state index contributed by atoms with van der Waals surface area (Å²) in [5, 5.41) is 1.20. The molecular formula is C23H25NO2S. The predicted molar refractivity (Wildman–Crippen MR) is 112 cm³/mol. The maximum atomic E-state index is 12.8. The zero-order valence-corrected chi connectivity index (χ0v) is 16.5. The standard InChI is InChI=1S/C23H25NO2S/c1-26-23-19-11-5-6-12-20(19)27-21(23)14-13-18-10-7-15-24(18)22(25)16-17-8-3-2-4-9-17/h2-6,8-9,11-12,18H,7,10,13-16H2,1H3/t18-/m0/s1. The van der Waals surface area contributed by atoms with E-state index >= 15 is 0 Å². The first-order valence-electron chi connectivity index (χ1n) is 9.64. The molecule has 1 fully saturated rings. The van der Waals surface area contributed by atoms with Crippen molar-refractivity contribution in [3.63, 3.8) is 0 Å². The number of aryl methyl sites for hydroxylation is 1. The molecule has 1 saturated heterocycles. The highest BCUT2D eigenvalue weighted by Crippen LogP contribution is 2.39. The van der Waals surface area contributed by atoms with E-state index in [0.29, 0.717) is 12.5 Å². The van der Waals surface area contributed by atoms with E-state index in [9.17, 15) is 4.79 Å². The highest BCUT2D eigenvalue weighted by Gasteiger charge is 2.28. The molecule has 1 atom stereocenters. The monoisotopic (exact) mass is 379 g/mol. The first-order valence-corrected chi connectivity index (χ1v) is 10.5. The summed E-state index contributed by atoms with van der Waals surface area (Å²) in [6.07, 6.45) is 4.68. The Morgan fingerprint density at radius 2 is 1.93 bits per heavy atom. The Labute approximate surface area is 164 Å². The Morgan fingerprint density at radius 3 is 2.74 bits per heavy atom. The van der Waals surface area contributed by atoms with E-state index in [1.54, 1.807) is 7.11 Å². The molecule has 1 amide bonds. The van der Waals surface area contributed by atoms with Crippen molar-refractivity contribution in [3.05, 3.63) is 65.0 Å². The molecule has 1 aromatic heterocycles. The molecule has 4 heteroatoms. The van der Waals surface area contributed by atoms with E-state index in [-0.39, 0.29) is 5.91 Å². The summed E-state index contributed by atoms with van der Waals surface area (Å²) in [5.41, 5.74) is 1.10. The molecule has 0 N–H and O–H groups in total. The van der Waals surface area contributed by atoms with Gasteiger partial charge in [-0.2, -0.15) is 0 Å². The lowest BCUT2D eigenvalue weighted by atomic mass is 10.1. The lowest BCUT2D eigenvalue weighted by molar-refractivity contribution is -0.131. The number of methoxy groups -OCH3 is 1. The first-order chi connectivity index (χ1) is 13.3. The number of amides is 1. The van der Waals surface area contributed by atoms with Crippen molar-refractivity contribution >= 4 is 27.3 Å². The number of hydrogen-bond donors (Lipinski definition) is 0. The molecular weight excluding hydrogens is 354 g/mol. The molecule has 2 aromatic carbocycles. The van der Waals surface area contributed by atoms with Gasteiger partial charge in [-0.25, -0.2) is 0 Å². The van der Waals surface area contributed by atoms with Crippen molar-refractivity contribution < 1.29 is 9.53 Å². The molecule has 3 aromatic rings. The average molecular weight is 380 g/mol. The van der Waals surface area contributed by atoms with Crippen molar-refractivity contribution in [1.29, 1.82) is 0 Å². The number of likely N-dealkylation sites (tertiary alicyclic amines) is 1. The van der Waals surface area contributed by atoms with Crippen LogP contribution in [0.1, 0.15) is 29.7 Å². The quantitative estimate of drug-likeness (QED) is 0.598. The Balaban J connectivity index is 1.44. The predicted octanol–water partition coefficient (Wildman–Crippen LogP) is 5.08. The smallest absolute Gasteiger partial charge is 0.227 e. The van der Waals surface area contributed by atoms with Crippen LogP contribution in [0.25, 0.3) is 10.1 Å². The normalized spacial score (nSPS) is 16.8. The van der Waals surface area contributed by atoms with Gasteiger partial charge in [-0.3, -0.25) is 4.79 Å². The molecule has 3 nitrogen and oxygen atoms in total. The van der Waals surface area contributed by atoms with Crippen molar-refractivity contribution in [1.82, 2.24) is 4.90 Å². The van der Waals surface area contributed by atoms with Crippen molar-refractivity contribution in [2.45, 2.75) is 38.1 Å². The molecule has 27 heavy (non-hydrogen) atoms. The molecule has 0 radical (unpaired) electrons. The van der Waals surface area contributed by atoms with Gasteiger partial charge in [0.2, 0.25) is 5.91 Å². The van der Waals surface area contributed by atoms with Gasteiger partial charge in [0.1, 0.15) is 5.75 Å². The number of fused-ring (bicyclic) bond motifs is 1. The summed E-state index contributed by atoms with van der Waals surface area (Å²) in [7, 11) is 1.75. The maximum Gasteiger partial charge on any atom is 0.227 e. The Bertz CT molecular complexity index is 919. The minimum Gasteiger partial charge on any atom is -0.495 e. The van der Waals surface area contributed by atoms with E-state index in [1.807, 2.05) is 41.7 Å².